The molecule has 1 N–H and O–H groups in total. The van der Waals surface area contributed by atoms with Crippen LogP contribution in [0.4, 0.5) is 5.69 Å². The molecule has 0 unspecified atom stereocenters. The van der Waals surface area contributed by atoms with Gasteiger partial charge in [-0.1, -0.05) is 6.07 Å². The highest BCUT2D eigenvalue weighted by Crippen LogP contribution is 2.22. The first-order chi connectivity index (χ1) is 10.0. The van der Waals surface area contributed by atoms with Crippen LogP contribution in [0.15, 0.2) is 41.4 Å². The number of methoxy groups -OCH3 is 1. The van der Waals surface area contributed by atoms with Gasteiger partial charge in [-0.15, -0.1) is 0 Å². The third-order valence-electron chi connectivity index (χ3n) is 2.95. The molecule has 0 saturated carbocycles. The largest absolute Gasteiger partial charge is 0.507 e. The maximum atomic E-state index is 11.5. The molecule has 0 amide bonds. The molecule has 2 rings (SSSR count). The van der Waals surface area contributed by atoms with Crippen LogP contribution in [-0.4, -0.2) is 24.4 Å². The first kappa shape index (κ1) is 15.5. The van der Waals surface area contributed by atoms with Gasteiger partial charge in [-0.3, -0.25) is 4.99 Å². The number of carbonyl (C=O) groups is 1. The number of ether oxygens (including phenoxy) is 1. The van der Waals surface area contributed by atoms with Crippen molar-refractivity contribution in [2.24, 2.45) is 4.99 Å². The Morgan fingerprint density at radius 1 is 1.29 bits per heavy atom. The molecular weight excluding hydrogens is 381 g/mol. The van der Waals surface area contributed by atoms with E-state index in [0.717, 1.165) is 14.7 Å². The molecule has 0 aliphatic rings. The second-order valence-electron chi connectivity index (χ2n) is 4.46. The molecule has 2 aromatic rings. The Kier molecular flexibility index (Phi) is 4.95. The number of phenols is 1. The second kappa shape index (κ2) is 6.71. The van der Waals surface area contributed by atoms with Crippen molar-refractivity contribution in [1.82, 2.24) is 0 Å². The van der Waals surface area contributed by atoms with E-state index in [1.807, 2.05) is 19.1 Å². The van der Waals surface area contributed by atoms with Gasteiger partial charge in [0.15, 0.2) is 0 Å². The summed E-state index contributed by atoms with van der Waals surface area (Å²) < 4.78 is 5.46. The lowest BCUT2D eigenvalue weighted by molar-refractivity contribution is 0.0601. The van der Waals surface area contributed by atoms with E-state index >= 15 is 0 Å². The summed E-state index contributed by atoms with van der Waals surface area (Å²) in [5.41, 5.74) is 3.02. The average molecular weight is 395 g/mol. The normalized spacial score (nSPS) is 10.8. The first-order valence-corrected chi connectivity index (χ1v) is 7.30. The van der Waals surface area contributed by atoms with Crippen LogP contribution >= 0.6 is 22.6 Å². The van der Waals surface area contributed by atoms with E-state index in [1.54, 1.807) is 30.5 Å². The lowest BCUT2D eigenvalue weighted by Gasteiger charge is -2.04. The summed E-state index contributed by atoms with van der Waals surface area (Å²) >= 11 is 2.06. The fourth-order valence-corrected chi connectivity index (χ4v) is 2.28. The summed E-state index contributed by atoms with van der Waals surface area (Å²) in [7, 11) is 1.35. The Morgan fingerprint density at radius 3 is 2.71 bits per heavy atom. The smallest absolute Gasteiger partial charge is 0.337 e. The number of esters is 1. The Bertz CT molecular complexity index is 711. The van der Waals surface area contributed by atoms with Crippen LogP contribution in [-0.2, 0) is 4.74 Å². The summed E-state index contributed by atoms with van der Waals surface area (Å²) in [6, 6.07) is 10.5. The maximum Gasteiger partial charge on any atom is 0.337 e. The van der Waals surface area contributed by atoms with Gasteiger partial charge in [0.25, 0.3) is 0 Å². The molecule has 0 aliphatic heterocycles. The Balaban J connectivity index is 2.31. The Morgan fingerprint density at radius 2 is 2.05 bits per heavy atom. The number of benzene rings is 2. The fourth-order valence-electron chi connectivity index (χ4n) is 1.74. The molecule has 0 spiro atoms. The molecule has 21 heavy (non-hydrogen) atoms. The highest BCUT2D eigenvalue weighted by molar-refractivity contribution is 14.1. The van der Waals surface area contributed by atoms with Gasteiger partial charge in [0.05, 0.1) is 21.9 Å². The second-order valence-corrected chi connectivity index (χ2v) is 5.62. The molecule has 0 atom stereocenters. The minimum absolute atomic E-state index is 0.247. The van der Waals surface area contributed by atoms with E-state index < -0.39 is 0 Å². The summed E-state index contributed by atoms with van der Waals surface area (Å²) in [6.45, 7) is 1.92. The van der Waals surface area contributed by atoms with Gasteiger partial charge in [0.2, 0.25) is 0 Å². The molecule has 2 aromatic carbocycles. The Labute approximate surface area is 136 Å². The van der Waals surface area contributed by atoms with Crippen molar-refractivity contribution in [2.75, 3.05) is 7.11 Å². The molecule has 0 aliphatic carbocycles. The minimum Gasteiger partial charge on any atom is -0.507 e. The molecule has 108 valence electrons. The van der Waals surface area contributed by atoms with E-state index in [9.17, 15) is 9.90 Å². The topological polar surface area (TPSA) is 58.9 Å². The fraction of sp³-hybridized carbons (Fsp3) is 0.125. The molecular formula is C16H14INO3. The van der Waals surface area contributed by atoms with Crippen LogP contribution in [0, 0.1) is 10.5 Å². The van der Waals surface area contributed by atoms with Crippen LogP contribution in [0.3, 0.4) is 0 Å². The van der Waals surface area contributed by atoms with Gasteiger partial charge in [-0.2, -0.15) is 0 Å². The third kappa shape index (κ3) is 3.81. The van der Waals surface area contributed by atoms with Gasteiger partial charge in [0, 0.05) is 6.21 Å². The van der Waals surface area contributed by atoms with Crippen LogP contribution in [0.2, 0.25) is 0 Å². The lowest BCUT2D eigenvalue weighted by atomic mass is 10.1. The molecule has 0 aromatic heterocycles. The van der Waals surface area contributed by atoms with E-state index in [0.29, 0.717) is 11.3 Å². The van der Waals surface area contributed by atoms with Crippen molar-refractivity contribution in [1.29, 1.82) is 0 Å². The van der Waals surface area contributed by atoms with Crippen molar-refractivity contribution >= 4 is 40.5 Å². The summed E-state index contributed by atoms with van der Waals surface area (Å²) in [5.74, 6) is -0.137. The predicted octanol–water partition coefficient (Wildman–Crippen LogP) is 3.84. The summed E-state index contributed by atoms with van der Waals surface area (Å²) in [4.78, 5) is 15.9. The molecule has 0 saturated heterocycles. The van der Waals surface area contributed by atoms with Gasteiger partial charge in [-0.05, 0) is 71.0 Å². The number of aromatic hydroxyl groups is 1. The van der Waals surface area contributed by atoms with Crippen molar-refractivity contribution in [2.45, 2.75) is 6.92 Å². The molecule has 0 bridgehead atoms. The SMILES string of the molecule is COC(=O)c1ccc(C)c(N=Cc2ccc(O)c(I)c2)c1. The number of carbonyl (C=O) groups excluding carboxylic acids is 1. The zero-order valence-corrected chi connectivity index (χ0v) is 13.8. The first-order valence-electron chi connectivity index (χ1n) is 6.23. The average Bonchev–Trinajstić information content (AvgIpc) is 2.49. The number of halogens is 1. The van der Waals surface area contributed by atoms with E-state index in [2.05, 4.69) is 27.6 Å². The molecule has 0 radical (unpaired) electrons. The van der Waals surface area contributed by atoms with Crippen LogP contribution in [0.5, 0.6) is 5.75 Å². The molecule has 0 heterocycles. The van der Waals surface area contributed by atoms with Crippen LogP contribution in [0.1, 0.15) is 21.5 Å². The number of aryl methyl sites for hydroxylation is 1. The van der Waals surface area contributed by atoms with Crippen LogP contribution in [0.25, 0.3) is 0 Å². The van der Waals surface area contributed by atoms with E-state index in [4.69, 9.17) is 4.74 Å². The number of aliphatic imine (C=N–C) groups is 1. The zero-order valence-electron chi connectivity index (χ0n) is 11.6. The van der Waals surface area contributed by atoms with Crippen molar-refractivity contribution < 1.29 is 14.6 Å². The maximum absolute atomic E-state index is 11.5. The number of rotatable bonds is 3. The van der Waals surface area contributed by atoms with Crippen molar-refractivity contribution in [3.05, 3.63) is 56.7 Å². The summed E-state index contributed by atoms with van der Waals surface area (Å²) in [6.07, 6.45) is 1.70. The van der Waals surface area contributed by atoms with Gasteiger partial charge < -0.3 is 9.84 Å². The monoisotopic (exact) mass is 395 g/mol. The third-order valence-corrected chi connectivity index (χ3v) is 3.82. The van der Waals surface area contributed by atoms with E-state index in [-0.39, 0.29) is 11.7 Å². The van der Waals surface area contributed by atoms with E-state index in [1.165, 1.54) is 7.11 Å². The molecule has 4 nitrogen and oxygen atoms in total. The molecule has 0 fully saturated rings. The highest BCUT2D eigenvalue weighted by atomic mass is 127. The number of hydrogen-bond acceptors (Lipinski definition) is 4. The lowest BCUT2D eigenvalue weighted by Crippen LogP contribution is -2.00. The quantitative estimate of drug-likeness (QED) is 0.488. The van der Waals surface area contributed by atoms with Gasteiger partial charge in [0.1, 0.15) is 5.75 Å². The highest BCUT2D eigenvalue weighted by Gasteiger charge is 2.07. The molecule has 5 heteroatoms. The minimum atomic E-state index is -0.384. The Hall–Kier alpha value is -1.89. The zero-order chi connectivity index (χ0) is 15.4. The number of nitrogens with zero attached hydrogens (tertiary/aromatic N) is 1. The van der Waals surface area contributed by atoms with Gasteiger partial charge >= 0.3 is 5.97 Å². The summed E-state index contributed by atoms with van der Waals surface area (Å²) in [5, 5.41) is 9.49. The number of hydrogen-bond donors (Lipinski definition) is 1. The van der Waals surface area contributed by atoms with Crippen LogP contribution < -0.4 is 0 Å². The van der Waals surface area contributed by atoms with Crippen molar-refractivity contribution in [3.63, 3.8) is 0 Å². The standard InChI is InChI=1S/C16H14INO3/c1-10-3-5-12(16(20)21-2)8-14(10)18-9-11-4-6-15(19)13(17)7-11/h3-9,19H,1-2H3. The van der Waals surface area contributed by atoms with Gasteiger partial charge in [-0.25, -0.2) is 4.79 Å². The number of phenolic OH excluding ortho intramolecular Hbond substituents is 1. The predicted molar refractivity (Wildman–Crippen MR) is 90.6 cm³/mol. The van der Waals surface area contributed by atoms with Crippen molar-refractivity contribution in [3.8, 4) is 5.75 Å².